The van der Waals surface area contributed by atoms with Crippen molar-refractivity contribution in [3.8, 4) is 0 Å². The van der Waals surface area contributed by atoms with Gasteiger partial charge in [0.25, 0.3) is 0 Å². The first-order valence-electron chi connectivity index (χ1n) is 3.13. The van der Waals surface area contributed by atoms with E-state index < -0.39 is 0 Å². The van der Waals surface area contributed by atoms with Gasteiger partial charge < -0.3 is 5.32 Å². The normalized spacial score (nSPS) is 19.4. The van der Waals surface area contributed by atoms with Gasteiger partial charge >= 0.3 is 0 Å². The van der Waals surface area contributed by atoms with Crippen molar-refractivity contribution in [3.63, 3.8) is 0 Å². The van der Waals surface area contributed by atoms with E-state index in [0.717, 1.165) is 5.70 Å². The molecule has 0 bridgehead atoms. The zero-order valence-corrected chi connectivity index (χ0v) is 5.52. The lowest BCUT2D eigenvalue weighted by molar-refractivity contribution is 0.843. The smallest absolute Gasteiger partial charge is 0.0748 e. The number of rotatable bonds is 3. The minimum atomic E-state index is 0.668. The van der Waals surface area contributed by atoms with Gasteiger partial charge in [0, 0.05) is 12.2 Å². The van der Waals surface area contributed by atoms with E-state index in [-0.39, 0.29) is 0 Å². The Kier molecular flexibility index (Phi) is 1.82. The van der Waals surface area contributed by atoms with E-state index in [1.807, 2.05) is 6.92 Å². The van der Waals surface area contributed by atoms with Gasteiger partial charge in [0.15, 0.2) is 0 Å². The van der Waals surface area contributed by atoms with Crippen molar-refractivity contribution >= 4 is 0 Å². The van der Waals surface area contributed by atoms with E-state index in [0.29, 0.717) is 6.04 Å². The van der Waals surface area contributed by atoms with E-state index in [4.69, 9.17) is 5.53 Å². The molecule has 0 aliphatic heterocycles. The van der Waals surface area contributed by atoms with Crippen molar-refractivity contribution in [1.82, 2.24) is 5.32 Å². The molecule has 0 aromatic rings. The van der Waals surface area contributed by atoms with Gasteiger partial charge in [0.05, 0.1) is 5.70 Å². The molecular formula is C6H11N3. The van der Waals surface area contributed by atoms with Crippen molar-refractivity contribution in [2.24, 2.45) is 5.11 Å². The van der Waals surface area contributed by atoms with Gasteiger partial charge in [-0.3, -0.25) is 0 Å². The molecule has 1 rings (SSSR count). The van der Waals surface area contributed by atoms with Crippen LogP contribution in [0.25, 0.3) is 0 Å². The molecule has 1 saturated carbocycles. The second-order valence-electron chi connectivity index (χ2n) is 2.34. The van der Waals surface area contributed by atoms with Crippen LogP contribution in [0.3, 0.4) is 0 Å². The van der Waals surface area contributed by atoms with Crippen molar-refractivity contribution < 1.29 is 0 Å². The first kappa shape index (κ1) is 6.26. The third-order valence-corrected chi connectivity index (χ3v) is 1.28. The number of nitrogens with zero attached hydrogens (tertiary/aromatic N) is 1. The van der Waals surface area contributed by atoms with Gasteiger partial charge in [-0.1, -0.05) is 0 Å². The molecule has 3 heteroatoms. The van der Waals surface area contributed by atoms with Crippen LogP contribution in [0.4, 0.5) is 0 Å². The van der Waals surface area contributed by atoms with Crippen molar-refractivity contribution in [2.45, 2.75) is 25.8 Å². The van der Waals surface area contributed by atoms with Gasteiger partial charge in [-0.05, 0) is 19.8 Å². The summed E-state index contributed by atoms with van der Waals surface area (Å²) < 4.78 is 0. The van der Waals surface area contributed by atoms with Gasteiger partial charge in [-0.15, -0.1) is 0 Å². The molecule has 0 spiro atoms. The summed E-state index contributed by atoms with van der Waals surface area (Å²) in [5.41, 5.74) is 7.33. The number of nitrogens with one attached hydrogen (secondary N) is 2. The van der Waals surface area contributed by atoms with Crippen LogP contribution in [0.2, 0.25) is 0 Å². The molecule has 0 amide bonds. The van der Waals surface area contributed by atoms with Crippen molar-refractivity contribution in [2.75, 3.05) is 0 Å². The highest BCUT2D eigenvalue weighted by Crippen LogP contribution is 2.18. The second-order valence-corrected chi connectivity index (χ2v) is 2.34. The third-order valence-electron chi connectivity index (χ3n) is 1.28. The van der Waals surface area contributed by atoms with Gasteiger partial charge in [-0.25, -0.2) is 5.53 Å². The summed E-state index contributed by atoms with van der Waals surface area (Å²) in [6, 6.07) is 0.668. The van der Waals surface area contributed by atoms with E-state index in [9.17, 15) is 0 Å². The quantitative estimate of drug-likeness (QED) is 0.553. The Morgan fingerprint density at radius 1 is 1.78 bits per heavy atom. The standard InChI is InChI=1S/C6H11N3/c1-5(9-7)4-8-6-2-3-6/h4,6-8H,2-3H2,1H3/b5-4-,9-7?. The highest BCUT2D eigenvalue weighted by atomic mass is 15.0. The molecule has 3 nitrogen and oxygen atoms in total. The molecule has 0 radical (unpaired) electrons. The highest BCUT2D eigenvalue weighted by Gasteiger charge is 2.18. The van der Waals surface area contributed by atoms with E-state index in [2.05, 4.69) is 10.4 Å². The minimum Gasteiger partial charge on any atom is -0.387 e. The fourth-order valence-electron chi connectivity index (χ4n) is 0.521. The van der Waals surface area contributed by atoms with Gasteiger partial charge in [0.1, 0.15) is 0 Å². The maximum Gasteiger partial charge on any atom is 0.0748 e. The molecule has 1 aliphatic rings. The summed E-state index contributed by atoms with van der Waals surface area (Å²) in [5, 5.41) is 6.37. The fourth-order valence-corrected chi connectivity index (χ4v) is 0.521. The fraction of sp³-hybridized carbons (Fsp3) is 0.667. The Morgan fingerprint density at radius 2 is 2.44 bits per heavy atom. The van der Waals surface area contributed by atoms with Crippen molar-refractivity contribution in [3.05, 3.63) is 11.9 Å². The zero-order chi connectivity index (χ0) is 6.69. The van der Waals surface area contributed by atoms with Crippen LogP contribution in [0.1, 0.15) is 19.8 Å². The largest absolute Gasteiger partial charge is 0.387 e. The Balaban J connectivity index is 2.19. The molecule has 0 saturated heterocycles. The lowest BCUT2D eigenvalue weighted by atomic mass is 10.5. The Bertz CT molecular complexity index is 135. The van der Waals surface area contributed by atoms with Crippen LogP contribution in [-0.2, 0) is 0 Å². The van der Waals surface area contributed by atoms with Crippen LogP contribution in [-0.4, -0.2) is 6.04 Å². The van der Waals surface area contributed by atoms with Gasteiger partial charge in [-0.2, -0.15) is 5.11 Å². The third kappa shape index (κ3) is 2.26. The lowest BCUT2D eigenvalue weighted by Crippen LogP contribution is -2.06. The van der Waals surface area contributed by atoms with Crippen LogP contribution < -0.4 is 5.32 Å². The first-order chi connectivity index (χ1) is 4.33. The zero-order valence-electron chi connectivity index (χ0n) is 5.52. The van der Waals surface area contributed by atoms with Crippen LogP contribution in [0.15, 0.2) is 17.0 Å². The molecule has 0 heterocycles. The molecular weight excluding hydrogens is 114 g/mol. The van der Waals surface area contributed by atoms with Crippen LogP contribution >= 0.6 is 0 Å². The predicted octanol–water partition coefficient (Wildman–Crippen LogP) is 1.63. The summed E-state index contributed by atoms with van der Waals surface area (Å²) in [5.74, 6) is 0. The first-order valence-corrected chi connectivity index (χ1v) is 3.13. The molecule has 0 aromatic carbocycles. The molecule has 1 fully saturated rings. The highest BCUT2D eigenvalue weighted by molar-refractivity contribution is 4.96. The second kappa shape index (κ2) is 2.62. The Morgan fingerprint density at radius 3 is 2.89 bits per heavy atom. The van der Waals surface area contributed by atoms with Gasteiger partial charge in [0.2, 0.25) is 0 Å². The molecule has 0 aromatic heterocycles. The van der Waals surface area contributed by atoms with Crippen molar-refractivity contribution in [1.29, 1.82) is 5.53 Å². The SMILES string of the molecule is C/C(=C/NC1CC1)N=N. The topological polar surface area (TPSA) is 48.2 Å². The summed E-state index contributed by atoms with van der Waals surface area (Å²) >= 11 is 0. The molecule has 0 atom stereocenters. The minimum absolute atomic E-state index is 0.668. The predicted molar refractivity (Wildman–Crippen MR) is 35.1 cm³/mol. The summed E-state index contributed by atoms with van der Waals surface area (Å²) in [6.07, 6.45) is 4.33. The summed E-state index contributed by atoms with van der Waals surface area (Å²) in [4.78, 5) is 0. The van der Waals surface area contributed by atoms with E-state index in [1.54, 1.807) is 6.20 Å². The number of hydrogen-bond donors (Lipinski definition) is 2. The van der Waals surface area contributed by atoms with Crippen LogP contribution in [0, 0.1) is 5.53 Å². The molecule has 1 aliphatic carbocycles. The average Bonchev–Trinajstić information content (AvgIpc) is 2.65. The molecule has 2 N–H and O–H groups in total. The Labute approximate surface area is 54.7 Å². The van der Waals surface area contributed by atoms with Crippen LogP contribution in [0.5, 0.6) is 0 Å². The lowest BCUT2D eigenvalue weighted by Gasteiger charge is -1.93. The summed E-state index contributed by atoms with van der Waals surface area (Å²) in [7, 11) is 0. The van der Waals surface area contributed by atoms with E-state index >= 15 is 0 Å². The summed E-state index contributed by atoms with van der Waals surface area (Å²) in [6.45, 7) is 1.81. The molecule has 0 unspecified atom stereocenters. The van der Waals surface area contributed by atoms with E-state index in [1.165, 1.54) is 12.8 Å². The maximum atomic E-state index is 6.59. The number of hydrogen-bond acceptors (Lipinski definition) is 3. The molecule has 9 heavy (non-hydrogen) atoms. The average molecular weight is 125 g/mol. The Hall–Kier alpha value is -0.860. The number of allylic oxidation sites excluding steroid dienone is 1. The maximum absolute atomic E-state index is 6.59. The molecule has 50 valence electrons. The monoisotopic (exact) mass is 125 g/mol.